The number of hydrogen-bond donors (Lipinski definition) is 1. The van der Waals surface area contributed by atoms with Gasteiger partial charge in [-0.25, -0.2) is 0 Å². The molecule has 0 saturated heterocycles. The molecule has 0 saturated carbocycles. The van der Waals surface area contributed by atoms with E-state index in [-0.39, 0.29) is 6.61 Å². The lowest BCUT2D eigenvalue weighted by Gasteiger charge is -2.04. The van der Waals surface area contributed by atoms with Crippen LogP contribution < -0.4 is 4.74 Å². The Bertz CT molecular complexity index is 516. The molecule has 0 aliphatic heterocycles. The number of aromatic nitrogens is 1. The van der Waals surface area contributed by atoms with Crippen molar-refractivity contribution in [1.82, 2.24) is 4.57 Å². The van der Waals surface area contributed by atoms with Crippen molar-refractivity contribution in [3.05, 3.63) is 30.0 Å². The maximum atomic E-state index is 8.96. The highest BCUT2D eigenvalue weighted by molar-refractivity contribution is 5.85. The van der Waals surface area contributed by atoms with Gasteiger partial charge in [-0.15, -0.1) is 0 Å². The minimum atomic E-state index is 0.235. The number of aliphatic hydroxyl groups is 1. The molecule has 1 heterocycles. The minimum absolute atomic E-state index is 0.235. The summed E-state index contributed by atoms with van der Waals surface area (Å²) in [7, 11) is 1.70. The minimum Gasteiger partial charge on any atom is -0.497 e. The van der Waals surface area contributed by atoms with Gasteiger partial charge in [0.25, 0.3) is 0 Å². The van der Waals surface area contributed by atoms with E-state index in [9.17, 15) is 0 Å². The molecule has 18 heavy (non-hydrogen) atoms. The molecule has 0 aliphatic rings. The van der Waals surface area contributed by atoms with Gasteiger partial charge >= 0.3 is 0 Å². The largest absolute Gasteiger partial charge is 0.497 e. The molecule has 1 aromatic heterocycles. The van der Waals surface area contributed by atoms with Crippen molar-refractivity contribution >= 4 is 10.9 Å². The first-order chi connectivity index (χ1) is 8.80. The number of rotatable bonds is 6. The van der Waals surface area contributed by atoms with E-state index in [2.05, 4.69) is 29.8 Å². The normalized spacial score (nSPS) is 11.1. The van der Waals surface area contributed by atoms with E-state index < -0.39 is 0 Å². The number of aryl methyl sites for hydroxylation is 2. The summed E-state index contributed by atoms with van der Waals surface area (Å²) in [5.41, 5.74) is 2.59. The van der Waals surface area contributed by atoms with E-state index in [4.69, 9.17) is 9.84 Å². The predicted octanol–water partition coefficient (Wildman–Crippen LogP) is 2.98. The molecule has 98 valence electrons. The number of aliphatic hydroxyl groups excluding tert-OH is 1. The molecule has 2 rings (SSSR count). The average molecular weight is 247 g/mol. The monoisotopic (exact) mass is 247 g/mol. The van der Waals surface area contributed by atoms with Crippen molar-refractivity contribution in [2.75, 3.05) is 13.7 Å². The second-order valence-corrected chi connectivity index (χ2v) is 4.56. The van der Waals surface area contributed by atoms with E-state index in [1.807, 2.05) is 6.07 Å². The quantitative estimate of drug-likeness (QED) is 0.851. The van der Waals surface area contributed by atoms with Crippen molar-refractivity contribution in [2.45, 2.75) is 32.7 Å². The van der Waals surface area contributed by atoms with Crippen LogP contribution in [0.2, 0.25) is 0 Å². The Morgan fingerprint density at radius 2 is 2.17 bits per heavy atom. The van der Waals surface area contributed by atoms with E-state index >= 15 is 0 Å². The standard InChI is InChI=1S/C15H21NO2/c1-3-5-12-11-16(8-4-9-17)15-7-6-13(18-2)10-14(12)15/h6-7,10-11,17H,3-5,8-9H2,1-2H3. The fourth-order valence-electron chi connectivity index (χ4n) is 2.37. The van der Waals surface area contributed by atoms with Crippen LogP contribution in [-0.4, -0.2) is 23.4 Å². The van der Waals surface area contributed by atoms with Crippen molar-refractivity contribution in [2.24, 2.45) is 0 Å². The molecule has 0 aliphatic carbocycles. The summed E-state index contributed by atoms with van der Waals surface area (Å²) in [5.74, 6) is 0.903. The van der Waals surface area contributed by atoms with Crippen molar-refractivity contribution in [3.63, 3.8) is 0 Å². The van der Waals surface area contributed by atoms with Crippen LogP contribution in [0, 0.1) is 0 Å². The second kappa shape index (κ2) is 5.91. The summed E-state index contributed by atoms with van der Waals surface area (Å²) in [6.07, 6.45) is 5.22. The molecule has 0 spiro atoms. The lowest BCUT2D eigenvalue weighted by atomic mass is 10.1. The van der Waals surface area contributed by atoms with Gasteiger partial charge in [0, 0.05) is 30.3 Å². The molecule has 0 bridgehead atoms. The van der Waals surface area contributed by atoms with Crippen LogP contribution in [0.1, 0.15) is 25.3 Å². The zero-order valence-electron chi connectivity index (χ0n) is 11.1. The Hall–Kier alpha value is -1.48. The van der Waals surface area contributed by atoms with Crippen molar-refractivity contribution in [1.29, 1.82) is 0 Å². The Labute approximate surface area is 108 Å². The summed E-state index contributed by atoms with van der Waals surface area (Å²) in [5, 5.41) is 10.2. The van der Waals surface area contributed by atoms with Crippen LogP contribution in [0.3, 0.4) is 0 Å². The summed E-state index contributed by atoms with van der Waals surface area (Å²) in [6, 6.07) is 6.20. The van der Waals surface area contributed by atoms with E-state index in [0.29, 0.717) is 0 Å². The molecular weight excluding hydrogens is 226 g/mol. The topological polar surface area (TPSA) is 34.4 Å². The van der Waals surface area contributed by atoms with E-state index in [1.165, 1.54) is 16.5 Å². The Balaban J connectivity index is 2.45. The Kier molecular flexibility index (Phi) is 4.26. The zero-order valence-corrected chi connectivity index (χ0v) is 11.1. The molecule has 0 unspecified atom stereocenters. The van der Waals surface area contributed by atoms with Gasteiger partial charge in [-0.3, -0.25) is 0 Å². The smallest absolute Gasteiger partial charge is 0.119 e. The zero-order chi connectivity index (χ0) is 13.0. The van der Waals surface area contributed by atoms with Crippen LogP contribution >= 0.6 is 0 Å². The molecule has 2 aromatic rings. The van der Waals surface area contributed by atoms with Crippen molar-refractivity contribution < 1.29 is 9.84 Å². The van der Waals surface area contributed by atoms with Crippen molar-refractivity contribution in [3.8, 4) is 5.75 Å². The Morgan fingerprint density at radius 1 is 1.33 bits per heavy atom. The first-order valence-electron chi connectivity index (χ1n) is 6.56. The number of ether oxygens (including phenoxy) is 1. The van der Waals surface area contributed by atoms with Gasteiger partial charge in [-0.1, -0.05) is 13.3 Å². The lowest BCUT2D eigenvalue weighted by molar-refractivity contribution is 0.280. The highest BCUT2D eigenvalue weighted by atomic mass is 16.5. The third-order valence-electron chi connectivity index (χ3n) is 3.25. The maximum Gasteiger partial charge on any atom is 0.119 e. The number of methoxy groups -OCH3 is 1. The molecule has 3 nitrogen and oxygen atoms in total. The third-order valence-corrected chi connectivity index (χ3v) is 3.25. The van der Waals surface area contributed by atoms with Crippen LogP contribution in [0.25, 0.3) is 10.9 Å². The van der Waals surface area contributed by atoms with Gasteiger partial charge in [-0.2, -0.15) is 0 Å². The van der Waals surface area contributed by atoms with Gasteiger partial charge in [-0.05, 0) is 36.6 Å². The van der Waals surface area contributed by atoms with Crippen LogP contribution in [0.5, 0.6) is 5.75 Å². The molecule has 0 fully saturated rings. The molecule has 0 amide bonds. The van der Waals surface area contributed by atoms with Gasteiger partial charge in [0.2, 0.25) is 0 Å². The SMILES string of the molecule is CCCc1cn(CCCO)c2ccc(OC)cc12. The summed E-state index contributed by atoms with van der Waals surface area (Å²) in [6.45, 7) is 3.29. The van der Waals surface area contributed by atoms with Gasteiger partial charge in [0.15, 0.2) is 0 Å². The van der Waals surface area contributed by atoms with Gasteiger partial charge in [0.05, 0.1) is 7.11 Å². The number of nitrogens with zero attached hydrogens (tertiary/aromatic N) is 1. The summed E-state index contributed by atoms with van der Waals surface area (Å²) >= 11 is 0. The summed E-state index contributed by atoms with van der Waals surface area (Å²) in [4.78, 5) is 0. The lowest BCUT2D eigenvalue weighted by Crippen LogP contribution is -1.98. The first kappa shape index (κ1) is 13.0. The third kappa shape index (κ3) is 2.51. The average Bonchev–Trinajstić information content (AvgIpc) is 2.74. The maximum absolute atomic E-state index is 8.96. The molecular formula is C15H21NO2. The molecule has 1 N–H and O–H groups in total. The fraction of sp³-hybridized carbons (Fsp3) is 0.467. The number of benzene rings is 1. The summed E-state index contributed by atoms with van der Waals surface area (Å²) < 4.78 is 7.53. The van der Waals surface area contributed by atoms with Crippen LogP contribution in [-0.2, 0) is 13.0 Å². The van der Waals surface area contributed by atoms with Crippen LogP contribution in [0.4, 0.5) is 0 Å². The molecule has 0 atom stereocenters. The van der Waals surface area contributed by atoms with E-state index in [0.717, 1.165) is 31.6 Å². The van der Waals surface area contributed by atoms with Gasteiger partial charge in [0.1, 0.15) is 5.75 Å². The predicted molar refractivity (Wildman–Crippen MR) is 74.2 cm³/mol. The van der Waals surface area contributed by atoms with Crippen LogP contribution in [0.15, 0.2) is 24.4 Å². The highest BCUT2D eigenvalue weighted by Gasteiger charge is 2.08. The number of hydrogen-bond acceptors (Lipinski definition) is 2. The van der Waals surface area contributed by atoms with E-state index in [1.54, 1.807) is 7.11 Å². The number of fused-ring (bicyclic) bond motifs is 1. The van der Waals surface area contributed by atoms with Gasteiger partial charge < -0.3 is 14.4 Å². The second-order valence-electron chi connectivity index (χ2n) is 4.56. The Morgan fingerprint density at radius 3 is 2.83 bits per heavy atom. The molecule has 3 heteroatoms. The highest BCUT2D eigenvalue weighted by Crippen LogP contribution is 2.27. The fourth-order valence-corrected chi connectivity index (χ4v) is 2.37. The first-order valence-corrected chi connectivity index (χ1v) is 6.56. The molecule has 0 radical (unpaired) electrons. The molecule has 1 aromatic carbocycles.